The smallest absolute Gasteiger partial charge is 0.132 e. The molecule has 74 valence electrons. The predicted molar refractivity (Wildman–Crippen MR) is 52.9 cm³/mol. The fourth-order valence-electron chi connectivity index (χ4n) is 2.02. The topological polar surface area (TPSA) is 42.9 Å². The first-order valence-corrected chi connectivity index (χ1v) is 5.00. The summed E-state index contributed by atoms with van der Waals surface area (Å²) >= 11 is 0. The van der Waals surface area contributed by atoms with Crippen LogP contribution in [0, 0.1) is 0 Å². The zero-order chi connectivity index (χ0) is 10.0. The Kier molecular flexibility index (Phi) is 2.32. The third kappa shape index (κ3) is 1.67. The van der Waals surface area contributed by atoms with E-state index in [0.29, 0.717) is 18.6 Å². The van der Waals surface area contributed by atoms with Crippen LogP contribution in [0.3, 0.4) is 0 Å². The summed E-state index contributed by atoms with van der Waals surface area (Å²) in [4.78, 5) is 11.2. The zero-order valence-corrected chi connectivity index (χ0v) is 8.36. The van der Waals surface area contributed by atoms with Gasteiger partial charge in [-0.2, -0.15) is 10.2 Å². The fourth-order valence-corrected chi connectivity index (χ4v) is 2.02. The van der Waals surface area contributed by atoms with E-state index < -0.39 is 0 Å². The van der Waals surface area contributed by atoms with Crippen molar-refractivity contribution in [1.82, 2.24) is 10.2 Å². The van der Waals surface area contributed by atoms with Crippen LogP contribution in [0.1, 0.15) is 38.2 Å². The van der Waals surface area contributed by atoms with Crippen molar-refractivity contribution in [2.75, 3.05) is 0 Å². The van der Waals surface area contributed by atoms with Crippen molar-refractivity contribution in [2.24, 2.45) is 0 Å². The third-order valence-corrected chi connectivity index (χ3v) is 3.19. The SMILES string of the molecule is CC1(c2ccnnc2)CCC(=O)CC1. The van der Waals surface area contributed by atoms with E-state index in [0.717, 1.165) is 12.8 Å². The molecule has 1 aromatic heterocycles. The molecule has 3 heteroatoms. The minimum absolute atomic E-state index is 0.129. The van der Waals surface area contributed by atoms with Gasteiger partial charge in [0.1, 0.15) is 5.78 Å². The second-order valence-corrected chi connectivity index (χ2v) is 4.23. The first-order valence-electron chi connectivity index (χ1n) is 5.00. The van der Waals surface area contributed by atoms with Crippen molar-refractivity contribution in [3.63, 3.8) is 0 Å². The number of hydrogen-bond acceptors (Lipinski definition) is 3. The molecule has 1 saturated carbocycles. The lowest BCUT2D eigenvalue weighted by Crippen LogP contribution is -2.28. The van der Waals surface area contributed by atoms with Crippen LogP contribution in [0.5, 0.6) is 0 Å². The van der Waals surface area contributed by atoms with Crippen LogP contribution in [-0.4, -0.2) is 16.0 Å². The van der Waals surface area contributed by atoms with Gasteiger partial charge >= 0.3 is 0 Å². The van der Waals surface area contributed by atoms with Gasteiger partial charge in [-0.15, -0.1) is 0 Å². The second kappa shape index (κ2) is 3.48. The molecule has 0 unspecified atom stereocenters. The molecule has 0 amide bonds. The van der Waals surface area contributed by atoms with Crippen molar-refractivity contribution in [3.05, 3.63) is 24.0 Å². The molecule has 0 aliphatic heterocycles. The molecule has 3 nitrogen and oxygen atoms in total. The van der Waals surface area contributed by atoms with Crippen molar-refractivity contribution < 1.29 is 4.79 Å². The van der Waals surface area contributed by atoms with Gasteiger partial charge in [0.15, 0.2) is 0 Å². The highest BCUT2D eigenvalue weighted by Gasteiger charge is 2.31. The Morgan fingerprint density at radius 1 is 1.29 bits per heavy atom. The van der Waals surface area contributed by atoms with Crippen molar-refractivity contribution >= 4 is 5.78 Å². The monoisotopic (exact) mass is 190 g/mol. The van der Waals surface area contributed by atoms with E-state index in [2.05, 4.69) is 17.1 Å². The van der Waals surface area contributed by atoms with Crippen molar-refractivity contribution in [3.8, 4) is 0 Å². The maximum Gasteiger partial charge on any atom is 0.132 e. The average molecular weight is 190 g/mol. The van der Waals surface area contributed by atoms with Gasteiger partial charge in [0.2, 0.25) is 0 Å². The highest BCUT2D eigenvalue weighted by atomic mass is 16.1. The van der Waals surface area contributed by atoms with Gasteiger partial charge in [0, 0.05) is 19.0 Å². The Balaban J connectivity index is 2.21. The quantitative estimate of drug-likeness (QED) is 0.679. The molecule has 1 aliphatic carbocycles. The standard InChI is InChI=1S/C11H14N2O/c1-11(5-2-10(14)3-6-11)9-4-7-12-13-8-9/h4,7-8H,2-3,5-6H2,1H3. The number of rotatable bonds is 1. The van der Waals surface area contributed by atoms with Gasteiger partial charge in [-0.05, 0) is 29.9 Å². The fraction of sp³-hybridized carbons (Fsp3) is 0.545. The van der Waals surface area contributed by atoms with E-state index in [9.17, 15) is 4.79 Å². The number of nitrogens with zero attached hydrogens (tertiary/aromatic N) is 2. The van der Waals surface area contributed by atoms with Crippen LogP contribution in [0.4, 0.5) is 0 Å². The number of hydrogen-bond donors (Lipinski definition) is 0. The summed E-state index contributed by atoms with van der Waals surface area (Å²) in [5, 5.41) is 7.66. The van der Waals surface area contributed by atoms with Gasteiger partial charge in [-0.3, -0.25) is 4.79 Å². The Bertz CT molecular complexity index is 324. The Hall–Kier alpha value is -1.25. The number of ketones is 1. The van der Waals surface area contributed by atoms with Crippen LogP contribution >= 0.6 is 0 Å². The average Bonchev–Trinajstić information content (AvgIpc) is 2.24. The summed E-state index contributed by atoms with van der Waals surface area (Å²) in [6.45, 7) is 2.20. The summed E-state index contributed by atoms with van der Waals surface area (Å²) in [6, 6.07) is 2.00. The lowest BCUT2D eigenvalue weighted by molar-refractivity contribution is -0.121. The number of carbonyl (C=O) groups is 1. The molecule has 2 rings (SSSR count). The molecule has 1 fully saturated rings. The molecule has 1 aliphatic rings. The summed E-state index contributed by atoms with van der Waals surface area (Å²) in [5.41, 5.74) is 1.34. The molecular formula is C11H14N2O. The van der Waals surface area contributed by atoms with Gasteiger partial charge in [0.05, 0.1) is 6.20 Å². The summed E-state index contributed by atoms with van der Waals surface area (Å²) in [7, 11) is 0. The Labute approximate surface area is 83.5 Å². The summed E-state index contributed by atoms with van der Waals surface area (Å²) in [6.07, 6.45) is 6.83. The van der Waals surface area contributed by atoms with E-state index in [1.54, 1.807) is 6.20 Å². The first kappa shape index (κ1) is 9.31. The normalized spacial score (nSPS) is 20.8. The molecule has 0 aromatic carbocycles. The van der Waals surface area contributed by atoms with Crippen molar-refractivity contribution in [2.45, 2.75) is 38.0 Å². The van der Waals surface area contributed by atoms with E-state index in [-0.39, 0.29) is 5.41 Å². The number of carbonyl (C=O) groups excluding carboxylic acids is 1. The number of aromatic nitrogens is 2. The van der Waals surface area contributed by atoms with E-state index in [1.165, 1.54) is 5.56 Å². The molecular weight excluding hydrogens is 176 g/mol. The van der Waals surface area contributed by atoms with E-state index in [1.807, 2.05) is 12.3 Å². The molecule has 0 saturated heterocycles. The molecule has 0 atom stereocenters. The zero-order valence-electron chi connectivity index (χ0n) is 8.36. The lowest BCUT2D eigenvalue weighted by Gasteiger charge is -2.32. The van der Waals surface area contributed by atoms with E-state index >= 15 is 0 Å². The van der Waals surface area contributed by atoms with Crippen LogP contribution in [0.25, 0.3) is 0 Å². The summed E-state index contributed by atoms with van der Waals surface area (Å²) < 4.78 is 0. The molecule has 0 N–H and O–H groups in total. The van der Waals surface area contributed by atoms with Gasteiger partial charge in [-0.25, -0.2) is 0 Å². The molecule has 0 bridgehead atoms. The largest absolute Gasteiger partial charge is 0.300 e. The third-order valence-electron chi connectivity index (χ3n) is 3.19. The maximum atomic E-state index is 11.2. The van der Waals surface area contributed by atoms with Crippen LogP contribution < -0.4 is 0 Å². The second-order valence-electron chi connectivity index (χ2n) is 4.23. The first-order chi connectivity index (χ1) is 6.71. The van der Waals surface area contributed by atoms with Crippen LogP contribution in [-0.2, 0) is 10.2 Å². The van der Waals surface area contributed by atoms with Crippen LogP contribution in [0.15, 0.2) is 18.5 Å². The molecule has 0 spiro atoms. The summed E-state index contributed by atoms with van der Waals surface area (Å²) in [5.74, 6) is 0.393. The minimum atomic E-state index is 0.129. The minimum Gasteiger partial charge on any atom is -0.300 e. The molecule has 1 heterocycles. The maximum absolute atomic E-state index is 11.2. The van der Waals surface area contributed by atoms with Gasteiger partial charge in [-0.1, -0.05) is 6.92 Å². The Morgan fingerprint density at radius 2 is 2.00 bits per heavy atom. The highest BCUT2D eigenvalue weighted by Crippen LogP contribution is 2.36. The van der Waals surface area contributed by atoms with Gasteiger partial charge in [0.25, 0.3) is 0 Å². The highest BCUT2D eigenvalue weighted by molar-refractivity contribution is 5.79. The predicted octanol–water partition coefficient (Wildman–Crippen LogP) is 1.88. The molecule has 0 radical (unpaired) electrons. The Morgan fingerprint density at radius 3 is 2.57 bits per heavy atom. The number of Topliss-reactive ketones (excluding diaryl/α,β-unsaturated/α-hetero) is 1. The van der Waals surface area contributed by atoms with E-state index in [4.69, 9.17) is 0 Å². The van der Waals surface area contributed by atoms with Crippen molar-refractivity contribution in [1.29, 1.82) is 0 Å². The molecule has 14 heavy (non-hydrogen) atoms. The molecule has 1 aromatic rings. The van der Waals surface area contributed by atoms with Gasteiger partial charge < -0.3 is 0 Å². The van der Waals surface area contributed by atoms with Crippen LogP contribution in [0.2, 0.25) is 0 Å². The lowest BCUT2D eigenvalue weighted by atomic mass is 9.71.